The summed E-state index contributed by atoms with van der Waals surface area (Å²) < 4.78 is 11.9. The fourth-order valence-corrected chi connectivity index (χ4v) is 1.82. The van der Waals surface area contributed by atoms with E-state index in [-0.39, 0.29) is 18.3 Å². The molecular formula is C15H27BO2. The van der Waals surface area contributed by atoms with Crippen LogP contribution in [-0.4, -0.2) is 18.3 Å². The molecule has 18 heavy (non-hydrogen) atoms. The Bertz CT molecular complexity index is 347. The summed E-state index contributed by atoms with van der Waals surface area (Å²) in [7, 11) is -0.234. The lowest BCUT2D eigenvalue weighted by Gasteiger charge is -2.32. The molecule has 3 heteroatoms. The summed E-state index contributed by atoms with van der Waals surface area (Å²) in [5.74, 6) is 2.46. The molecule has 1 aliphatic rings. The molecule has 1 aliphatic heterocycles. The molecule has 0 saturated carbocycles. The highest BCUT2D eigenvalue weighted by Gasteiger charge is 2.49. The zero-order valence-electron chi connectivity index (χ0n) is 13.1. The molecule has 102 valence electrons. The molecule has 1 rings (SSSR count). The molecule has 1 heterocycles. The maximum absolute atomic E-state index is 5.93. The molecule has 0 amide bonds. The summed E-state index contributed by atoms with van der Waals surface area (Å²) in [6, 6.07) is 0. The molecule has 0 N–H and O–H groups in total. The van der Waals surface area contributed by atoms with E-state index in [4.69, 9.17) is 9.31 Å². The topological polar surface area (TPSA) is 18.5 Å². The van der Waals surface area contributed by atoms with E-state index in [0.717, 1.165) is 0 Å². The Labute approximate surface area is 113 Å². The average molecular weight is 250 g/mol. The Kier molecular flexibility index (Phi) is 4.50. The van der Waals surface area contributed by atoms with Crippen molar-refractivity contribution < 1.29 is 9.31 Å². The monoisotopic (exact) mass is 250 g/mol. The normalized spacial score (nSPS) is 23.4. The minimum absolute atomic E-state index is 0.234. The number of allylic oxidation sites excluding steroid dienone is 3. The van der Waals surface area contributed by atoms with Crippen molar-refractivity contribution in [3.05, 3.63) is 23.2 Å². The molecule has 2 nitrogen and oxygen atoms in total. The van der Waals surface area contributed by atoms with Gasteiger partial charge in [-0.05, 0) is 54.4 Å². The fraction of sp³-hybridized carbons (Fsp3) is 0.733. The zero-order valence-corrected chi connectivity index (χ0v) is 13.1. The second kappa shape index (κ2) is 5.22. The van der Waals surface area contributed by atoms with Gasteiger partial charge >= 0.3 is 7.12 Å². The van der Waals surface area contributed by atoms with E-state index < -0.39 is 0 Å². The summed E-state index contributed by atoms with van der Waals surface area (Å²) in [6.07, 6.45) is 2.17. The Balaban J connectivity index is 2.69. The first-order chi connectivity index (χ1) is 8.07. The van der Waals surface area contributed by atoms with Crippen LogP contribution in [-0.2, 0) is 9.31 Å². The number of hydrogen-bond acceptors (Lipinski definition) is 2. The molecule has 0 radical (unpaired) electrons. The lowest BCUT2D eigenvalue weighted by atomic mass is 9.86. The first-order valence-corrected chi connectivity index (χ1v) is 6.75. The third kappa shape index (κ3) is 3.27. The molecule has 0 bridgehead atoms. The van der Waals surface area contributed by atoms with E-state index in [2.05, 4.69) is 61.5 Å². The average Bonchev–Trinajstić information content (AvgIpc) is 2.43. The van der Waals surface area contributed by atoms with Gasteiger partial charge < -0.3 is 9.31 Å². The van der Waals surface area contributed by atoms with Crippen LogP contribution in [0.1, 0.15) is 55.4 Å². The van der Waals surface area contributed by atoms with Crippen molar-refractivity contribution in [2.75, 3.05) is 0 Å². The second-order valence-electron chi connectivity index (χ2n) is 6.48. The number of hydrogen-bond donors (Lipinski definition) is 0. The minimum Gasteiger partial charge on any atom is -0.400 e. The van der Waals surface area contributed by atoms with Gasteiger partial charge in [0.2, 0.25) is 0 Å². The lowest BCUT2D eigenvalue weighted by molar-refractivity contribution is 0.00578. The van der Waals surface area contributed by atoms with Crippen LogP contribution in [0.15, 0.2) is 23.2 Å². The quantitative estimate of drug-likeness (QED) is 0.553. The molecule has 0 aromatic rings. The van der Waals surface area contributed by atoms with Crippen LogP contribution < -0.4 is 0 Å². The smallest absolute Gasteiger partial charge is 0.400 e. The Morgan fingerprint density at radius 2 is 1.44 bits per heavy atom. The van der Waals surface area contributed by atoms with E-state index in [9.17, 15) is 0 Å². The lowest BCUT2D eigenvalue weighted by Crippen LogP contribution is -2.41. The van der Waals surface area contributed by atoms with Gasteiger partial charge in [-0.15, -0.1) is 0 Å². The minimum atomic E-state index is -0.253. The van der Waals surface area contributed by atoms with Crippen LogP contribution in [0.3, 0.4) is 0 Å². The first kappa shape index (κ1) is 15.5. The zero-order chi connectivity index (χ0) is 14.1. The summed E-state index contributed by atoms with van der Waals surface area (Å²) in [5, 5.41) is 0. The van der Waals surface area contributed by atoms with Gasteiger partial charge in [0.25, 0.3) is 0 Å². The number of rotatable bonds is 3. The standard InChI is InChI=1S/C15H27BO2/c1-11(2)13(4)12(3)9-10-16-17-14(5,6)15(7,8)18-16/h9-10,12H,1-8H3/b10-9+. The first-order valence-electron chi connectivity index (χ1n) is 6.75. The van der Waals surface area contributed by atoms with Crippen molar-refractivity contribution >= 4 is 7.12 Å². The molecule has 1 saturated heterocycles. The molecular weight excluding hydrogens is 223 g/mol. The third-order valence-corrected chi connectivity index (χ3v) is 4.30. The van der Waals surface area contributed by atoms with Gasteiger partial charge in [-0.25, -0.2) is 0 Å². The molecule has 1 unspecified atom stereocenters. The SMILES string of the molecule is CC(C)=C(C)C(C)/C=C/B1OC(C)(C)C(C)(C)O1. The summed E-state index contributed by atoms with van der Waals surface area (Å²) >= 11 is 0. The summed E-state index contributed by atoms with van der Waals surface area (Å²) in [5.41, 5.74) is 2.27. The van der Waals surface area contributed by atoms with E-state index in [0.29, 0.717) is 5.92 Å². The second-order valence-corrected chi connectivity index (χ2v) is 6.48. The highest BCUT2D eigenvalue weighted by atomic mass is 16.7. The van der Waals surface area contributed by atoms with Crippen LogP contribution in [0.2, 0.25) is 0 Å². The van der Waals surface area contributed by atoms with Crippen molar-refractivity contribution in [3.63, 3.8) is 0 Å². The van der Waals surface area contributed by atoms with Crippen LogP contribution in [0.25, 0.3) is 0 Å². The highest BCUT2D eigenvalue weighted by Crippen LogP contribution is 2.37. The van der Waals surface area contributed by atoms with Crippen molar-refractivity contribution in [1.29, 1.82) is 0 Å². The largest absolute Gasteiger partial charge is 0.486 e. The highest BCUT2D eigenvalue weighted by molar-refractivity contribution is 6.51. The Morgan fingerprint density at radius 1 is 1.00 bits per heavy atom. The van der Waals surface area contributed by atoms with Crippen molar-refractivity contribution in [3.8, 4) is 0 Å². The predicted molar refractivity (Wildman–Crippen MR) is 78.4 cm³/mol. The predicted octanol–water partition coefficient (Wildman–Crippen LogP) is 4.17. The molecule has 1 fully saturated rings. The van der Waals surface area contributed by atoms with Crippen LogP contribution in [0, 0.1) is 5.92 Å². The van der Waals surface area contributed by atoms with Crippen molar-refractivity contribution in [1.82, 2.24) is 0 Å². The van der Waals surface area contributed by atoms with Gasteiger partial charge in [0.1, 0.15) is 0 Å². The van der Waals surface area contributed by atoms with Crippen molar-refractivity contribution in [2.24, 2.45) is 5.92 Å². The van der Waals surface area contributed by atoms with E-state index >= 15 is 0 Å². The molecule has 0 aliphatic carbocycles. The van der Waals surface area contributed by atoms with Crippen molar-refractivity contribution in [2.45, 2.75) is 66.6 Å². The van der Waals surface area contributed by atoms with Crippen LogP contribution in [0.5, 0.6) is 0 Å². The molecule has 0 aromatic heterocycles. The third-order valence-electron chi connectivity index (χ3n) is 4.30. The van der Waals surface area contributed by atoms with E-state index in [1.54, 1.807) is 0 Å². The van der Waals surface area contributed by atoms with E-state index in [1.807, 2.05) is 5.98 Å². The molecule has 0 spiro atoms. The van der Waals surface area contributed by atoms with Gasteiger partial charge in [-0.2, -0.15) is 0 Å². The Hall–Kier alpha value is -0.535. The molecule has 1 atom stereocenters. The Morgan fingerprint density at radius 3 is 1.83 bits per heavy atom. The van der Waals surface area contributed by atoms with Crippen LogP contribution in [0.4, 0.5) is 0 Å². The van der Waals surface area contributed by atoms with Gasteiger partial charge in [-0.1, -0.05) is 30.1 Å². The van der Waals surface area contributed by atoms with Crippen LogP contribution >= 0.6 is 0 Å². The van der Waals surface area contributed by atoms with E-state index in [1.165, 1.54) is 11.1 Å². The summed E-state index contributed by atoms with van der Waals surface area (Å²) in [6.45, 7) is 17.0. The van der Waals surface area contributed by atoms with Gasteiger partial charge in [0.15, 0.2) is 0 Å². The van der Waals surface area contributed by atoms with Gasteiger partial charge in [-0.3, -0.25) is 0 Å². The maximum atomic E-state index is 5.93. The maximum Gasteiger partial charge on any atom is 0.486 e. The summed E-state index contributed by atoms with van der Waals surface area (Å²) in [4.78, 5) is 0. The molecule has 0 aromatic carbocycles. The fourth-order valence-electron chi connectivity index (χ4n) is 1.82. The van der Waals surface area contributed by atoms with Gasteiger partial charge in [0.05, 0.1) is 11.2 Å². The van der Waals surface area contributed by atoms with Gasteiger partial charge in [0, 0.05) is 0 Å².